The second-order valence-corrected chi connectivity index (χ2v) is 9.12. The number of nitrogens with one attached hydrogen (secondary N) is 1. The third-order valence-corrected chi connectivity index (χ3v) is 6.91. The third-order valence-electron chi connectivity index (χ3n) is 6.56. The van der Waals surface area contributed by atoms with Crippen molar-refractivity contribution >= 4 is 17.3 Å². The zero-order chi connectivity index (χ0) is 23.1. The molecule has 0 spiro atoms. The van der Waals surface area contributed by atoms with Crippen LogP contribution in [0.1, 0.15) is 51.6 Å². The monoisotopic (exact) mass is 456 g/mol. The van der Waals surface area contributed by atoms with E-state index in [-0.39, 0.29) is 12.1 Å². The molecule has 5 nitrogen and oxygen atoms in total. The molecule has 4 aromatic rings. The Morgan fingerprint density at radius 2 is 1.79 bits per heavy atom. The van der Waals surface area contributed by atoms with Gasteiger partial charge in [0.25, 0.3) is 0 Å². The summed E-state index contributed by atoms with van der Waals surface area (Å²) in [5, 5.41) is 4.26. The van der Waals surface area contributed by atoms with E-state index in [1.54, 1.807) is 6.26 Å². The molecule has 1 N–H and O–H groups in total. The lowest BCUT2D eigenvalue weighted by Crippen LogP contribution is -2.29. The van der Waals surface area contributed by atoms with E-state index in [1.165, 1.54) is 33.8 Å². The van der Waals surface area contributed by atoms with Gasteiger partial charge in [0.15, 0.2) is 5.11 Å². The fourth-order valence-electron chi connectivity index (χ4n) is 5.07. The highest BCUT2D eigenvalue weighted by Crippen LogP contribution is 2.42. The second kappa shape index (κ2) is 8.52. The SMILES string of the molecule is Cc1cccc(C)c1-n1c(C)cc([C@@H]2[C@H](c3ccccn3)NC(=S)N2Cc2ccco2)c1C. The molecule has 168 valence electrons. The predicted octanol–water partition coefficient (Wildman–Crippen LogP) is 5.87. The Morgan fingerprint density at radius 1 is 1.00 bits per heavy atom. The number of thiocarbonyl (C=S) groups is 1. The molecular formula is C27H28N4OS. The van der Waals surface area contributed by atoms with Gasteiger partial charge in [-0.25, -0.2) is 0 Å². The van der Waals surface area contributed by atoms with E-state index in [0.29, 0.717) is 11.7 Å². The van der Waals surface area contributed by atoms with Crippen LogP contribution in [-0.4, -0.2) is 19.6 Å². The second-order valence-electron chi connectivity index (χ2n) is 8.74. The molecule has 1 aliphatic heterocycles. The van der Waals surface area contributed by atoms with Gasteiger partial charge >= 0.3 is 0 Å². The minimum absolute atomic E-state index is 0.0122. The summed E-state index contributed by atoms with van der Waals surface area (Å²) in [4.78, 5) is 6.90. The maximum Gasteiger partial charge on any atom is 0.170 e. The van der Waals surface area contributed by atoms with Gasteiger partial charge in [0.1, 0.15) is 5.76 Å². The normalized spacial score (nSPS) is 18.1. The van der Waals surface area contributed by atoms with Gasteiger partial charge in [-0.05, 0) is 86.9 Å². The highest BCUT2D eigenvalue weighted by atomic mass is 32.1. The minimum Gasteiger partial charge on any atom is -0.467 e. The molecule has 4 heterocycles. The molecule has 1 aliphatic rings. The molecule has 0 amide bonds. The number of hydrogen-bond donors (Lipinski definition) is 1. The first-order valence-electron chi connectivity index (χ1n) is 11.2. The lowest BCUT2D eigenvalue weighted by Gasteiger charge is -2.27. The van der Waals surface area contributed by atoms with E-state index in [1.807, 2.05) is 30.5 Å². The number of para-hydroxylation sites is 1. The van der Waals surface area contributed by atoms with Crippen LogP contribution in [0.25, 0.3) is 5.69 Å². The standard InChI is InChI=1S/C27H28N4OS/c1-17-9-7-10-18(2)25(17)31-19(3)15-22(20(31)4)26-24(23-12-5-6-13-28-23)29-27(33)30(26)16-21-11-8-14-32-21/h5-15,24,26H,16H2,1-4H3,(H,29,33)/t24-,26+/m0/s1. The smallest absolute Gasteiger partial charge is 0.170 e. The first-order valence-corrected chi connectivity index (χ1v) is 11.6. The molecule has 0 saturated carbocycles. The quantitative estimate of drug-likeness (QED) is 0.381. The van der Waals surface area contributed by atoms with E-state index >= 15 is 0 Å². The van der Waals surface area contributed by atoms with Crippen LogP contribution < -0.4 is 5.32 Å². The van der Waals surface area contributed by atoms with Crippen LogP contribution >= 0.6 is 12.2 Å². The maximum absolute atomic E-state index is 5.82. The van der Waals surface area contributed by atoms with E-state index in [4.69, 9.17) is 16.6 Å². The molecule has 1 fully saturated rings. The van der Waals surface area contributed by atoms with E-state index < -0.39 is 0 Å². The number of rotatable bonds is 5. The van der Waals surface area contributed by atoms with Crippen molar-refractivity contribution in [3.8, 4) is 5.69 Å². The summed E-state index contributed by atoms with van der Waals surface area (Å²) in [6.45, 7) is 9.33. The van der Waals surface area contributed by atoms with Gasteiger partial charge in [-0.15, -0.1) is 0 Å². The van der Waals surface area contributed by atoms with Gasteiger partial charge in [-0.1, -0.05) is 24.3 Å². The van der Waals surface area contributed by atoms with Gasteiger partial charge in [-0.3, -0.25) is 4.98 Å². The molecule has 1 saturated heterocycles. The zero-order valence-electron chi connectivity index (χ0n) is 19.4. The lowest BCUT2D eigenvalue weighted by molar-refractivity contribution is 0.286. The molecule has 5 rings (SSSR count). The van der Waals surface area contributed by atoms with E-state index in [0.717, 1.165) is 11.5 Å². The third kappa shape index (κ3) is 3.74. The Labute approximate surface area is 200 Å². The average Bonchev–Trinajstić information content (AvgIpc) is 3.50. The molecule has 33 heavy (non-hydrogen) atoms. The molecule has 2 atom stereocenters. The highest BCUT2D eigenvalue weighted by Gasteiger charge is 2.41. The number of hydrogen-bond acceptors (Lipinski definition) is 3. The van der Waals surface area contributed by atoms with Gasteiger partial charge in [-0.2, -0.15) is 0 Å². The number of pyridine rings is 1. The molecule has 0 radical (unpaired) electrons. The fourth-order valence-corrected chi connectivity index (χ4v) is 5.38. The van der Waals surface area contributed by atoms with E-state index in [9.17, 15) is 0 Å². The van der Waals surface area contributed by atoms with E-state index in [2.05, 4.69) is 77.8 Å². The molecule has 3 aromatic heterocycles. The summed E-state index contributed by atoms with van der Waals surface area (Å²) in [5.41, 5.74) is 8.41. The van der Waals surface area contributed by atoms with Crippen molar-refractivity contribution in [2.24, 2.45) is 0 Å². The average molecular weight is 457 g/mol. The number of benzene rings is 1. The van der Waals surface area contributed by atoms with Gasteiger partial charge in [0, 0.05) is 17.6 Å². The van der Waals surface area contributed by atoms with Gasteiger partial charge in [0.2, 0.25) is 0 Å². The van der Waals surface area contributed by atoms with Crippen LogP contribution in [0.3, 0.4) is 0 Å². The van der Waals surface area contributed by atoms with Crippen molar-refractivity contribution < 1.29 is 4.42 Å². The summed E-state index contributed by atoms with van der Waals surface area (Å²) in [5.74, 6) is 0.884. The summed E-state index contributed by atoms with van der Waals surface area (Å²) >= 11 is 5.82. The van der Waals surface area contributed by atoms with Crippen LogP contribution in [0.15, 0.2) is 71.5 Å². The molecule has 1 aromatic carbocycles. The van der Waals surface area contributed by atoms with Gasteiger partial charge < -0.3 is 19.2 Å². The number of aryl methyl sites for hydroxylation is 3. The Kier molecular flexibility index (Phi) is 5.54. The minimum atomic E-state index is -0.0550. The van der Waals surface area contributed by atoms with Crippen LogP contribution in [0, 0.1) is 27.7 Å². The van der Waals surface area contributed by atoms with Crippen LogP contribution in [0.5, 0.6) is 0 Å². The number of furan rings is 1. The van der Waals surface area contributed by atoms with Crippen LogP contribution in [0.4, 0.5) is 0 Å². The Morgan fingerprint density at radius 3 is 2.45 bits per heavy atom. The Hall–Kier alpha value is -3.38. The topological polar surface area (TPSA) is 46.2 Å². The zero-order valence-corrected chi connectivity index (χ0v) is 20.2. The number of aromatic nitrogens is 2. The van der Waals surface area contributed by atoms with Crippen LogP contribution in [-0.2, 0) is 6.54 Å². The molecule has 6 heteroatoms. The molecule has 0 bridgehead atoms. The first kappa shape index (κ1) is 21.5. The van der Waals surface area contributed by atoms with Crippen molar-refractivity contribution in [3.63, 3.8) is 0 Å². The largest absolute Gasteiger partial charge is 0.467 e. The summed E-state index contributed by atoms with van der Waals surface area (Å²) in [6.07, 6.45) is 3.55. The van der Waals surface area contributed by atoms with Gasteiger partial charge in [0.05, 0.1) is 36.3 Å². The van der Waals surface area contributed by atoms with Crippen molar-refractivity contribution in [1.29, 1.82) is 0 Å². The number of nitrogens with zero attached hydrogens (tertiary/aromatic N) is 3. The maximum atomic E-state index is 5.82. The van der Waals surface area contributed by atoms with Crippen molar-refractivity contribution in [2.75, 3.05) is 0 Å². The highest BCUT2D eigenvalue weighted by molar-refractivity contribution is 7.80. The fraction of sp³-hybridized carbons (Fsp3) is 0.259. The summed E-state index contributed by atoms with van der Waals surface area (Å²) < 4.78 is 8.06. The summed E-state index contributed by atoms with van der Waals surface area (Å²) in [7, 11) is 0. The van der Waals surface area contributed by atoms with Crippen molar-refractivity contribution in [2.45, 2.75) is 46.3 Å². The molecule has 0 unspecified atom stereocenters. The molecule has 0 aliphatic carbocycles. The summed E-state index contributed by atoms with van der Waals surface area (Å²) in [6, 6.07) is 18.6. The first-order chi connectivity index (χ1) is 16.0. The Balaban J connectivity index is 1.66. The molecular weight excluding hydrogens is 428 g/mol. The van der Waals surface area contributed by atoms with Crippen LogP contribution in [0.2, 0.25) is 0 Å². The Bertz CT molecular complexity index is 1270. The van der Waals surface area contributed by atoms with Crippen molar-refractivity contribution in [1.82, 2.24) is 19.8 Å². The van der Waals surface area contributed by atoms with Crippen molar-refractivity contribution in [3.05, 3.63) is 107 Å². The lowest BCUT2D eigenvalue weighted by atomic mass is 9.96. The predicted molar refractivity (Wildman–Crippen MR) is 134 cm³/mol.